The Bertz CT molecular complexity index is 1180. The summed E-state index contributed by atoms with van der Waals surface area (Å²) in [6, 6.07) is 3.95. The normalized spacial score (nSPS) is 17.3. The lowest BCUT2D eigenvalue weighted by molar-refractivity contribution is 0.0589. The Balaban J connectivity index is 1.77. The van der Waals surface area contributed by atoms with E-state index >= 15 is 0 Å². The molecular weight excluding hydrogens is 524 g/mol. The number of ether oxygens (including phenoxy) is 2. The number of carbonyl (C=O) groups is 2. The van der Waals surface area contributed by atoms with Crippen LogP contribution in [0.2, 0.25) is 0 Å². The van der Waals surface area contributed by atoms with Gasteiger partial charge in [0.15, 0.2) is 0 Å². The monoisotopic (exact) mass is 572 g/mol. The number of rotatable bonds is 2. The van der Waals surface area contributed by atoms with Gasteiger partial charge in [0.05, 0.1) is 36.7 Å². The van der Waals surface area contributed by atoms with Gasteiger partial charge in [-0.2, -0.15) is 0 Å². The van der Waals surface area contributed by atoms with Crippen LogP contribution in [-0.4, -0.2) is 36.1 Å². The number of hydrogen-bond donors (Lipinski definition) is 0. The minimum atomic E-state index is -0.328. The van der Waals surface area contributed by atoms with Crippen LogP contribution in [0.3, 0.4) is 0 Å². The van der Waals surface area contributed by atoms with Crippen molar-refractivity contribution in [1.82, 2.24) is 9.97 Å². The Hall–Kier alpha value is -3.20. The van der Waals surface area contributed by atoms with Crippen LogP contribution in [0.25, 0.3) is 0 Å². The number of aryl methyl sites for hydroxylation is 4. The number of nitrogens with zero attached hydrogens (tertiary/aromatic N) is 2. The lowest BCUT2D eigenvalue weighted by Crippen LogP contribution is -2.12. The van der Waals surface area contributed by atoms with E-state index in [0.29, 0.717) is 11.1 Å². The summed E-state index contributed by atoms with van der Waals surface area (Å²) in [5.41, 5.74) is 6.15. The molecule has 0 radical (unpaired) electrons. The molecule has 2 aromatic rings. The second-order valence-electron chi connectivity index (χ2n) is 11.9. The van der Waals surface area contributed by atoms with Crippen molar-refractivity contribution in [2.24, 2.45) is 0 Å². The Labute approximate surface area is 252 Å². The molecule has 2 aromatic heterocycles. The zero-order chi connectivity index (χ0) is 29.6. The number of esters is 2. The summed E-state index contributed by atoms with van der Waals surface area (Å²) in [6.07, 6.45) is 21.8. The number of carbonyl (C=O) groups excluding carboxylic acids is 2. The summed E-state index contributed by atoms with van der Waals surface area (Å²) in [7, 11) is 2.87. The predicted octanol–water partition coefficient (Wildman–Crippen LogP) is 7.89. The molecule has 226 valence electrons. The second-order valence-corrected chi connectivity index (χ2v) is 11.9. The van der Waals surface area contributed by atoms with E-state index in [1.165, 1.54) is 65.6 Å². The third-order valence-electron chi connectivity index (χ3n) is 8.69. The van der Waals surface area contributed by atoms with Crippen LogP contribution in [-0.2, 0) is 35.2 Å². The summed E-state index contributed by atoms with van der Waals surface area (Å²) in [5.74, 6) is 6.13. The van der Waals surface area contributed by atoms with Crippen molar-refractivity contribution in [1.29, 1.82) is 0 Å². The highest BCUT2D eigenvalue weighted by atomic mass is 16.5. The Kier molecular flexibility index (Phi) is 12.9. The summed E-state index contributed by atoms with van der Waals surface area (Å²) >= 11 is 0. The summed E-state index contributed by atoms with van der Waals surface area (Å²) in [5, 5.41) is 0. The average Bonchev–Trinajstić information content (AvgIpc) is 3.01. The molecule has 4 heterocycles. The molecule has 4 bridgehead atoms. The van der Waals surface area contributed by atoms with Gasteiger partial charge in [-0.1, -0.05) is 77.0 Å². The summed E-state index contributed by atoms with van der Waals surface area (Å²) in [4.78, 5) is 35.5. The Morgan fingerprint density at radius 1 is 0.524 bits per heavy atom. The molecule has 0 fully saturated rings. The number of pyridine rings is 2. The molecule has 42 heavy (non-hydrogen) atoms. The molecule has 0 spiro atoms. The molecule has 6 heteroatoms. The smallest absolute Gasteiger partial charge is 0.339 e. The zero-order valence-corrected chi connectivity index (χ0v) is 25.8. The lowest BCUT2D eigenvalue weighted by Gasteiger charge is -2.14. The van der Waals surface area contributed by atoms with Crippen LogP contribution in [0.15, 0.2) is 12.1 Å². The number of hydrogen-bond acceptors (Lipinski definition) is 6. The first-order chi connectivity index (χ1) is 20.6. The molecule has 2 aliphatic heterocycles. The van der Waals surface area contributed by atoms with Gasteiger partial charge in [0.25, 0.3) is 0 Å². The van der Waals surface area contributed by atoms with Crippen LogP contribution in [0.1, 0.15) is 157 Å². The summed E-state index contributed by atoms with van der Waals surface area (Å²) < 4.78 is 10.3. The van der Waals surface area contributed by atoms with Crippen molar-refractivity contribution in [3.8, 4) is 11.8 Å². The van der Waals surface area contributed by atoms with Crippen LogP contribution in [0.5, 0.6) is 0 Å². The van der Waals surface area contributed by atoms with Crippen molar-refractivity contribution in [2.75, 3.05) is 14.2 Å². The first-order valence-corrected chi connectivity index (χ1v) is 16.3. The van der Waals surface area contributed by atoms with Crippen molar-refractivity contribution < 1.29 is 19.1 Å². The molecule has 6 rings (SSSR count). The van der Waals surface area contributed by atoms with Crippen molar-refractivity contribution in [2.45, 2.75) is 128 Å². The van der Waals surface area contributed by atoms with E-state index in [1.54, 1.807) is 0 Å². The van der Waals surface area contributed by atoms with Gasteiger partial charge >= 0.3 is 11.9 Å². The topological polar surface area (TPSA) is 78.4 Å². The van der Waals surface area contributed by atoms with Gasteiger partial charge in [0.2, 0.25) is 0 Å². The standard InChI is InChI=1S/C36H48N2O4/c1-41-35(39)29-25-27-19-15-11-7-3-5-9-13-17-21-33(29)37-31(27)23-24-32-28-20-16-12-8-4-6-10-14-18-22-34(38-32)30(26-28)36(40)42-2/h25-26H,3-22H2,1-2H3. The molecular formula is C36H48N2O4. The minimum absolute atomic E-state index is 0.328. The van der Waals surface area contributed by atoms with Crippen molar-refractivity contribution in [3.05, 3.63) is 57.2 Å². The van der Waals surface area contributed by atoms with Gasteiger partial charge in [-0.25, -0.2) is 19.6 Å². The van der Waals surface area contributed by atoms with Gasteiger partial charge in [-0.05, 0) is 86.5 Å². The number of fused-ring (bicyclic) bond motifs is 22. The third-order valence-corrected chi connectivity index (χ3v) is 8.69. The fourth-order valence-electron chi connectivity index (χ4n) is 6.19. The SMILES string of the molecule is COC(=O)c1cc2c(C#Cc3nc4c(C(=O)OC)cc3CCCCCCCCCC4)nc1CCCCCCCCCC2. The van der Waals surface area contributed by atoms with E-state index in [0.717, 1.165) is 111 Å². The van der Waals surface area contributed by atoms with E-state index in [4.69, 9.17) is 19.4 Å². The van der Waals surface area contributed by atoms with Gasteiger partial charge in [-0.15, -0.1) is 0 Å². The van der Waals surface area contributed by atoms with Crippen LogP contribution in [0, 0.1) is 11.8 Å². The van der Waals surface area contributed by atoms with Gasteiger partial charge in [0, 0.05) is 0 Å². The largest absolute Gasteiger partial charge is 0.465 e. The Morgan fingerprint density at radius 2 is 0.833 bits per heavy atom. The van der Waals surface area contributed by atoms with Crippen LogP contribution in [0.4, 0.5) is 0 Å². The predicted molar refractivity (Wildman–Crippen MR) is 166 cm³/mol. The van der Waals surface area contributed by atoms with Crippen LogP contribution >= 0.6 is 0 Å². The maximum absolute atomic E-state index is 12.7. The van der Waals surface area contributed by atoms with E-state index in [1.807, 2.05) is 12.1 Å². The highest BCUT2D eigenvalue weighted by Crippen LogP contribution is 2.23. The molecule has 6 nitrogen and oxygen atoms in total. The molecule has 0 atom stereocenters. The fraction of sp³-hybridized carbons (Fsp3) is 0.611. The molecule has 0 N–H and O–H groups in total. The van der Waals surface area contributed by atoms with E-state index < -0.39 is 0 Å². The molecule has 2 aliphatic carbocycles. The van der Waals surface area contributed by atoms with Crippen LogP contribution < -0.4 is 0 Å². The molecule has 0 unspecified atom stereocenters. The number of aromatic nitrogens is 2. The maximum Gasteiger partial charge on any atom is 0.339 e. The molecule has 0 aromatic carbocycles. The van der Waals surface area contributed by atoms with Crippen molar-refractivity contribution in [3.63, 3.8) is 0 Å². The van der Waals surface area contributed by atoms with Gasteiger partial charge < -0.3 is 9.47 Å². The van der Waals surface area contributed by atoms with E-state index in [2.05, 4.69) is 11.8 Å². The molecule has 0 amide bonds. The molecule has 4 aliphatic rings. The van der Waals surface area contributed by atoms with Crippen molar-refractivity contribution >= 4 is 11.9 Å². The average molecular weight is 573 g/mol. The molecule has 0 saturated heterocycles. The fourth-order valence-corrected chi connectivity index (χ4v) is 6.19. The first-order valence-electron chi connectivity index (χ1n) is 16.3. The third kappa shape index (κ3) is 9.15. The second kappa shape index (κ2) is 17.0. The van der Waals surface area contributed by atoms with Gasteiger partial charge in [-0.3, -0.25) is 0 Å². The van der Waals surface area contributed by atoms with Gasteiger partial charge in [0.1, 0.15) is 11.4 Å². The molecule has 0 saturated carbocycles. The maximum atomic E-state index is 12.7. The highest BCUT2D eigenvalue weighted by Gasteiger charge is 2.19. The van der Waals surface area contributed by atoms with E-state index in [-0.39, 0.29) is 11.9 Å². The quantitative estimate of drug-likeness (QED) is 0.269. The van der Waals surface area contributed by atoms with E-state index in [9.17, 15) is 9.59 Å². The summed E-state index contributed by atoms with van der Waals surface area (Å²) in [6.45, 7) is 0. The highest BCUT2D eigenvalue weighted by molar-refractivity contribution is 5.91. The zero-order valence-electron chi connectivity index (χ0n) is 25.8. The first kappa shape index (κ1) is 31.7. The Morgan fingerprint density at radius 3 is 1.17 bits per heavy atom. The number of methoxy groups -OCH3 is 2. The lowest BCUT2D eigenvalue weighted by atomic mass is 9.96. The minimum Gasteiger partial charge on any atom is -0.465 e.